The van der Waals surface area contributed by atoms with Crippen molar-refractivity contribution in [3.05, 3.63) is 40.6 Å². The predicted octanol–water partition coefficient (Wildman–Crippen LogP) is 2.91. The van der Waals surface area contributed by atoms with Crippen LogP contribution < -0.4 is 4.90 Å². The quantitative estimate of drug-likeness (QED) is 0.627. The van der Waals surface area contributed by atoms with Gasteiger partial charge in [-0.2, -0.15) is 0 Å². The molecular weight excluding hydrogens is 329 g/mol. The molecule has 0 radical (unpaired) electrons. The summed E-state index contributed by atoms with van der Waals surface area (Å²) in [6.45, 7) is 4.04. The van der Waals surface area contributed by atoms with E-state index in [0.717, 1.165) is 0 Å². The Morgan fingerprint density at radius 3 is 2.85 bits per heavy atom. The van der Waals surface area contributed by atoms with Crippen molar-refractivity contribution >= 4 is 33.5 Å². The molecule has 1 heterocycles. The maximum atomic E-state index is 13.7. The van der Waals surface area contributed by atoms with Gasteiger partial charge < -0.3 is 9.64 Å². The van der Waals surface area contributed by atoms with Gasteiger partial charge in [0.25, 0.3) is 0 Å². The predicted molar refractivity (Wildman–Crippen MR) is 76.1 cm³/mol. The van der Waals surface area contributed by atoms with Crippen molar-refractivity contribution in [2.75, 3.05) is 18.6 Å². The van der Waals surface area contributed by atoms with Crippen molar-refractivity contribution in [1.82, 2.24) is 0 Å². The third-order valence-corrected chi connectivity index (χ3v) is 3.83. The van der Waals surface area contributed by atoms with E-state index < -0.39 is 11.8 Å². The van der Waals surface area contributed by atoms with Crippen molar-refractivity contribution < 1.29 is 18.7 Å². The van der Waals surface area contributed by atoms with E-state index in [-0.39, 0.29) is 27.5 Å². The minimum Gasteiger partial charge on any atom is -0.465 e. The maximum absolute atomic E-state index is 13.7. The zero-order valence-electron chi connectivity index (χ0n) is 10.9. The molecule has 1 aromatic carbocycles. The van der Waals surface area contributed by atoms with Crippen LogP contribution >= 0.6 is 15.9 Å². The highest BCUT2D eigenvalue weighted by Gasteiger charge is 2.32. The smallest absolute Gasteiger partial charge is 0.340 e. The standard InChI is InChI=1S/C14H13BrFNO3/c1-3-8-4-13(18)17(7-8)12-6-11(16)10(15)5-9(12)14(19)20-2/h3,5-6,8H,1,4,7H2,2H3. The topological polar surface area (TPSA) is 46.6 Å². The van der Waals surface area contributed by atoms with Gasteiger partial charge in [-0.3, -0.25) is 4.79 Å². The molecule has 6 heteroatoms. The van der Waals surface area contributed by atoms with Crippen molar-refractivity contribution in [3.8, 4) is 0 Å². The Hall–Kier alpha value is -1.69. The average molecular weight is 342 g/mol. The summed E-state index contributed by atoms with van der Waals surface area (Å²) in [5.74, 6) is -1.32. The number of carbonyl (C=O) groups is 2. The lowest BCUT2D eigenvalue weighted by atomic mass is 10.1. The SMILES string of the molecule is C=CC1CC(=O)N(c2cc(F)c(Br)cc2C(=O)OC)C1. The second kappa shape index (κ2) is 5.75. The lowest BCUT2D eigenvalue weighted by Gasteiger charge is -2.19. The fraction of sp³-hybridized carbons (Fsp3) is 0.286. The highest BCUT2D eigenvalue weighted by Crippen LogP contribution is 2.32. The molecule has 106 valence electrons. The van der Waals surface area contributed by atoms with Gasteiger partial charge in [-0.15, -0.1) is 6.58 Å². The number of hydrogen-bond donors (Lipinski definition) is 0. The lowest BCUT2D eigenvalue weighted by molar-refractivity contribution is -0.117. The normalized spacial score (nSPS) is 18.2. The number of rotatable bonds is 3. The van der Waals surface area contributed by atoms with E-state index in [1.807, 2.05) is 0 Å². The van der Waals surface area contributed by atoms with Gasteiger partial charge in [-0.05, 0) is 28.1 Å². The van der Waals surface area contributed by atoms with Crippen LogP contribution in [0.1, 0.15) is 16.8 Å². The van der Waals surface area contributed by atoms with Crippen molar-refractivity contribution in [2.24, 2.45) is 5.92 Å². The minimum absolute atomic E-state index is 0.000273. The highest BCUT2D eigenvalue weighted by molar-refractivity contribution is 9.10. The van der Waals surface area contributed by atoms with Gasteiger partial charge >= 0.3 is 5.97 Å². The minimum atomic E-state index is -0.615. The number of hydrogen-bond acceptors (Lipinski definition) is 3. The zero-order valence-corrected chi connectivity index (χ0v) is 12.4. The summed E-state index contributed by atoms with van der Waals surface area (Å²) in [5, 5.41) is 0. The van der Waals surface area contributed by atoms with Crippen LogP contribution in [0.25, 0.3) is 0 Å². The summed E-state index contributed by atoms with van der Waals surface area (Å²) in [6.07, 6.45) is 1.99. The third-order valence-electron chi connectivity index (χ3n) is 3.22. The molecule has 0 aliphatic carbocycles. The van der Waals surface area contributed by atoms with Gasteiger partial charge in [-0.25, -0.2) is 9.18 Å². The summed E-state index contributed by atoms with van der Waals surface area (Å²) in [6, 6.07) is 2.49. The second-order valence-corrected chi connectivity index (χ2v) is 5.33. The Morgan fingerprint density at radius 2 is 2.30 bits per heavy atom. The van der Waals surface area contributed by atoms with Crippen LogP contribution in [0.15, 0.2) is 29.3 Å². The van der Waals surface area contributed by atoms with Crippen molar-refractivity contribution in [3.63, 3.8) is 0 Å². The first kappa shape index (κ1) is 14.7. The molecule has 0 saturated carbocycles. The second-order valence-electron chi connectivity index (χ2n) is 4.48. The van der Waals surface area contributed by atoms with E-state index >= 15 is 0 Å². The van der Waals surface area contributed by atoms with Crippen molar-refractivity contribution in [2.45, 2.75) is 6.42 Å². The van der Waals surface area contributed by atoms with E-state index in [0.29, 0.717) is 13.0 Å². The van der Waals surface area contributed by atoms with Crippen LogP contribution in [-0.2, 0) is 9.53 Å². The van der Waals surface area contributed by atoms with Crippen LogP contribution in [0.5, 0.6) is 0 Å². The monoisotopic (exact) mass is 341 g/mol. The fourth-order valence-corrected chi connectivity index (χ4v) is 2.50. The first-order chi connectivity index (χ1) is 9.47. The maximum Gasteiger partial charge on any atom is 0.340 e. The Balaban J connectivity index is 2.50. The van der Waals surface area contributed by atoms with E-state index in [2.05, 4.69) is 27.2 Å². The van der Waals surface area contributed by atoms with Gasteiger partial charge in [-0.1, -0.05) is 6.08 Å². The first-order valence-electron chi connectivity index (χ1n) is 5.98. The molecule has 1 atom stereocenters. The largest absolute Gasteiger partial charge is 0.465 e. The lowest BCUT2D eigenvalue weighted by Crippen LogP contribution is -2.27. The molecule has 2 rings (SSSR count). The molecular formula is C14H13BrFNO3. The number of methoxy groups -OCH3 is 1. The molecule has 0 N–H and O–H groups in total. The number of nitrogens with zero attached hydrogens (tertiary/aromatic N) is 1. The van der Waals surface area contributed by atoms with Crippen LogP contribution in [0.4, 0.5) is 10.1 Å². The number of anilines is 1. The average Bonchev–Trinajstić information content (AvgIpc) is 2.81. The number of benzene rings is 1. The van der Waals surface area contributed by atoms with Crippen LogP contribution in [0.3, 0.4) is 0 Å². The zero-order chi connectivity index (χ0) is 14.9. The highest BCUT2D eigenvalue weighted by atomic mass is 79.9. The van der Waals surface area contributed by atoms with Gasteiger partial charge in [0.2, 0.25) is 5.91 Å². The number of esters is 1. The Labute approximate surface area is 124 Å². The molecule has 4 nitrogen and oxygen atoms in total. The number of amides is 1. The molecule has 1 saturated heterocycles. The van der Waals surface area contributed by atoms with Crippen LogP contribution in [0, 0.1) is 11.7 Å². The molecule has 1 fully saturated rings. The molecule has 0 spiro atoms. The summed E-state index contributed by atoms with van der Waals surface area (Å²) < 4.78 is 18.6. The van der Waals surface area contributed by atoms with Gasteiger partial charge in [0.15, 0.2) is 0 Å². The third kappa shape index (κ3) is 2.60. The van der Waals surface area contributed by atoms with Gasteiger partial charge in [0.05, 0.1) is 22.8 Å². The van der Waals surface area contributed by atoms with E-state index in [9.17, 15) is 14.0 Å². The van der Waals surface area contributed by atoms with E-state index in [1.165, 1.54) is 24.1 Å². The summed E-state index contributed by atoms with van der Waals surface area (Å²) in [7, 11) is 1.24. The van der Waals surface area contributed by atoms with Crippen molar-refractivity contribution in [1.29, 1.82) is 0 Å². The first-order valence-corrected chi connectivity index (χ1v) is 6.77. The molecule has 1 aliphatic rings. The molecule has 1 aliphatic heterocycles. The number of ether oxygens (including phenoxy) is 1. The fourth-order valence-electron chi connectivity index (χ4n) is 2.16. The molecule has 20 heavy (non-hydrogen) atoms. The number of halogens is 2. The van der Waals surface area contributed by atoms with Gasteiger partial charge in [0.1, 0.15) is 5.82 Å². The molecule has 0 aromatic heterocycles. The summed E-state index contributed by atoms with van der Waals surface area (Å²) >= 11 is 3.02. The van der Waals surface area contributed by atoms with Crippen LogP contribution in [-0.4, -0.2) is 25.5 Å². The van der Waals surface area contributed by atoms with E-state index in [1.54, 1.807) is 6.08 Å². The Kier molecular flexibility index (Phi) is 4.23. The Bertz CT molecular complexity index is 588. The van der Waals surface area contributed by atoms with Gasteiger partial charge in [0, 0.05) is 18.9 Å². The number of carbonyl (C=O) groups excluding carboxylic acids is 2. The molecule has 1 amide bonds. The molecule has 0 bridgehead atoms. The summed E-state index contributed by atoms with van der Waals surface area (Å²) in [4.78, 5) is 25.2. The van der Waals surface area contributed by atoms with E-state index in [4.69, 9.17) is 0 Å². The molecule has 1 aromatic rings. The molecule has 1 unspecified atom stereocenters. The Morgan fingerprint density at radius 1 is 1.60 bits per heavy atom. The van der Waals surface area contributed by atoms with Crippen LogP contribution in [0.2, 0.25) is 0 Å². The summed E-state index contributed by atoms with van der Waals surface area (Å²) in [5.41, 5.74) is 0.380.